The Labute approximate surface area is 98.5 Å². The Bertz CT molecular complexity index is 677. The standard InChI is InChI=1S/C10H7F2N3O3/c1-18-8-13-9(16)15(10(17)14-8)5-2-3-6(11)7(12)4-5/h2-4H,1H3,(H,13,14,16,17). The number of H-pyrrole nitrogens is 1. The Hall–Kier alpha value is -2.51. The van der Waals surface area contributed by atoms with Crippen LogP contribution in [0.3, 0.4) is 0 Å². The fourth-order valence-electron chi connectivity index (χ4n) is 1.35. The van der Waals surface area contributed by atoms with E-state index in [1.54, 1.807) is 0 Å². The van der Waals surface area contributed by atoms with Crippen molar-refractivity contribution in [3.05, 3.63) is 50.8 Å². The molecule has 0 aliphatic carbocycles. The lowest BCUT2D eigenvalue weighted by atomic mass is 10.3. The first kappa shape index (κ1) is 12.0. The number of halogens is 2. The van der Waals surface area contributed by atoms with Crippen molar-refractivity contribution in [2.24, 2.45) is 0 Å². The third-order valence-corrected chi connectivity index (χ3v) is 2.16. The van der Waals surface area contributed by atoms with Crippen molar-refractivity contribution in [1.82, 2.24) is 14.5 Å². The Morgan fingerprint density at radius 2 is 2.00 bits per heavy atom. The van der Waals surface area contributed by atoms with Crippen LogP contribution in [0.25, 0.3) is 5.69 Å². The molecule has 2 aromatic rings. The van der Waals surface area contributed by atoms with E-state index in [0.717, 1.165) is 18.2 Å². The number of nitrogens with one attached hydrogen (secondary N) is 1. The molecule has 1 N–H and O–H groups in total. The van der Waals surface area contributed by atoms with Gasteiger partial charge in [0, 0.05) is 6.07 Å². The molecule has 0 saturated carbocycles. The number of ether oxygens (including phenoxy) is 1. The lowest BCUT2D eigenvalue weighted by molar-refractivity contribution is 0.371. The maximum absolute atomic E-state index is 13.0. The summed E-state index contributed by atoms with van der Waals surface area (Å²) in [5, 5.41) is 0. The summed E-state index contributed by atoms with van der Waals surface area (Å²) in [4.78, 5) is 28.7. The van der Waals surface area contributed by atoms with Gasteiger partial charge in [0.15, 0.2) is 11.6 Å². The number of aromatic amines is 1. The first-order valence-corrected chi connectivity index (χ1v) is 4.75. The van der Waals surface area contributed by atoms with Gasteiger partial charge in [0.2, 0.25) is 0 Å². The van der Waals surface area contributed by atoms with Gasteiger partial charge in [-0.1, -0.05) is 0 Å². The molecule has 0 atom stereocenters. The monoisotopic (exact) mass is 255 g/mol. The van der Waals surface area contributed by atoms with Crippen LogP contribution in [-0.4, -0.2) is 21.6 Å². The van der Waals surface area contributed by atoms with Crippen LogP contribution in [0.2, 0.25) is 0 Å². The van der Waals surface area contributed by atoms with Gasteiger partial charge in [-0.3, -0.25) is 4.98 Å². The average molecular weight is 255 g/mol. The van der Waals surface area contributed by atoms with Gasteiger partial charge in [-0.25, -0.2) is 22.9 Å². The Kier molecular flexibility index (Phi) is 2.92. The minimum absolute atomic E-state index is 0.129. The molecule has 0 spiro atoms. The second-order valence-corrected chi connectivity index (χ2v) is 3.27. The molecule has 2 rings (SSSR count). The smallest absolute Gasteiger partial charge is 0.360 e. The fourth-order valence-corrected chi connectivity index (χ4v) is 1.35. The van der Waals surface area contributed by atoms with Gasteiger partial charge in [0.25, 0.3) is 0 Å². The van der Waals surface area contributed by atoms with Gasteiger partial charge in [-0.2, -0.15) is 0 Å². The highest BCUT2D eigenvalue weighted by Crippen LogP contribution is 2.10. The average Bonchev–Trinajstić information content (AvgIpc) is 2.32. The summed E-state index contributed by atoms with van der Waals surface area (Å²) in [7, 11) is 1.22. The van der Waals surface area contributed by atoms with Crippen molar-refractivity contribution in [2.45, 2.75) is 0 Å². The molecule has 94 valence electrons. The van der Waals surface area contributed by atoms with E-state index in [-0.39, 0.29) is 11.7 Å². The molecule has 0 fully saturated rings. The van der Waals surface area contributed by atoms with Crippen molar-refractivity contribution in [3.63, 3.8) is 0 Å². The van der Waals surface area contributed by atoms with Gasteiger partial charge in [-0.05, 0) is 12.1 Å². The van der Waals surface area contributed by atoms with E-state index >= 15 is 0 Å². The summed E-state index contributed by atoms with van der Waals surface area (Å²) in [5.74, 6) is -2.25. The predicted molar refractivity (Wildman–Crippen MR) is 56.9 cm³/mol. The van der Waals surface area contributed by atoms with Crippen LogP contribution in [0.15, 0.2) is 27.8 Å². The van der Waals surface area contributed by atoms with Crippen LogP contribution in [0.4, 0.5) is 8.78 Å². The van der Waals surface area contributed by atoms with Gasteiger partial charge in [0.1, 0.15) is 0 Å². The van der Waals surface area contributed by atoms with E-state index in [9.17, 15) is 18.4 Å². The second-order valence-electron chi connectivity index (χ2n) is 3.27. The van der Waals surface area contributed by atoms with E-state index in [4.69, 9.17) is 0 Å². The zero-order valence-corrected chi connectivity index (χ0v) is 9.11. The molecule has 0 aliphatic rings. The normalized spacial score (nSPS) is 10.4. The number of hydrogen-bond acceptors (Lipinski definition) is 4. The van der Waals surface area contributed by atoms with Crippen molar-refractivity contribution >= 4 is 0 Å². The summed E-state index contributed by atoms with van der Waals surface area (Å²) < 4.78 is 30.9. The molecule has 18 heavy (non-hydrogen) atoms. The van der Waals surface area contributed by atoms with E-state index in [1.165, 1.54) is 7.11 Å². The number of nitrogens with zero attached hydrogens (tertiary/aromatic N) is 2. The van der Waals surface area contributed by atoms with Crippen molar-refractivity contribution < 1.29 is 13.5 Å². The summed E-state index contributed by atoms with van der Waals surface area (Å²) in [6.45, 7) is 0. The Morgan fingerprint density at radius 3 is 2.56 bits per heavy atom. The molecule has 1 aromatic carbocycles. The molecular formula is C10H7F2N3O3. The number of benzene rings is 1. The highest BCUT2D eigenvalue weighted by molar-refractivity contribution is 5.32. The van der Waals surface area contributed by atoms with Crippen LogP contribution >= 0.6 is 0 Å². The molecule has 0 aliphatic heterocycles. The molecular weight excluding hydrogens is 248 g/mol. The number of methoxy groups -OCH3 is 1. The van der Waals surface area contributed by atoms with Crippen LogP contribution < -0.4 is 16.1 Å². The number of rotatable bonds is 2. The first-order valence-electron chi connectivity index (χ1n) is 4.75. The van der Waals surface area contributed by atoms with E-state index in [0.29, 0.717) is 4.57 Å². The summed E-state index contributed by atoms with van der Waals surface area (Å²) in [5.41, 5.74) is -1.95. The summed E-state index contributed by atoms with van der Waals surface area (Å²) in [6.07, 6.45) is 0. The molecule has 0 radical (unpaired) electrons. The van der Waals surface area contributed by atoms with Crippen molar-refractivity contribution in [2.75, 3.05) is 7.11 Å². The molecule has 0 unspecified atom stereocenters. The second kappa shape index (κ2) is 4.40. The third kappa shape index (κ3) is 1.99. The highest BCUT2D eigenvalue weighted by atomic mass is 19.2. The maximum atomic E-state index is 13.0. The zero-order valence-electron chi connectivity index (χ0n) is 9.11. The molecule has 1 aromatic heterocycles. The van der Waals surface area contributed by atoms with Crippen LogP contribution in [0.1, 0.15) is 0 Å². The van der Waals surface area contributed by atoms with E-state index < -0.39 is 23.0 Å². The minimum Gasteiger partial charge on any atom is -0.468 e. The van der Waals surface area contributed by atoms with Gasteiger partial charge < -0.3 is 4.74 Å². The molecule has 0 amide bonds. The Balaban J connectivity index is 2.68. The molecule has 0 bridgehead atoms. The molecule has 0 saturated heterocycles. The van der Waals surface area contributed by atoms with Gasteiger partial charge >= 0.3 is 17.4 Å². The summed E-state index contributed by atoms with van der Waals surface area (Å²) in [6, 6.07) is 2.35. The maximum Gasteiger partial charge on any atom is 0.360 e. The lowest BCUT2D eigenvalue weighted by Crippen LogP contribution is -2.35. The SMILES string of the molecule is COc1nc(=O)n(-c2ccc(F)c(F)c2)c(=O)[nH]1. The number of aromatic nitrogens is 3. The van der Waals surface area contributed by atoms with Crippen molar-refractivity contribution in [1.29, 1.82) is 0 Å². The molecule has 1 heterocycles. The first-order chi connectivity index (χ1) is 8.52. The molecule has 6 nitrogen and oxygen atoms in total. The van der Waals surface area contributed by atoms with Crippen LogP contribution in [0.5, 0.6) is 6.01 Å². The van der Waals surface area contributed by atoms with Crippen LogP contribution in [0, 0.1) is 11.6 Å². The summed E-state index contributed by atoms with van der Waals surface area (Å²) >= 11 is 0. The van der Waals surface area contributed by atoms with Crippen molar-refractivity contribution in [3.8, 4) is 11.7 Å². The van der Waals surface area contributed by atoms with E-state index in [1.807, 2.05) is 0 Å². The highest BCUT2D eigenvalue weighted by Gasteiger charge is 2.10. The topological polar surface area (TPSA) is 77.0 Å². The van der Waals surface area contributed by atoms with Crippen LogP contribution in [-0.2, 0) is 0 Å². The van der Waals surface area contributed by atoms with Gasteiger partial charge in [0.05, 0.1) is 12.8 Å². The quantitative estimate of drug-likeness (QED) is 0.832. The molecule has 8 heteroatoms. The van der Waals surface area contributed by atoms with E-state index in [2.05, 4.69) is 14.7 Å². The minimum atomic E-state index is -1.17. The lowest BCUT2D eigenvalue weighted by Gasteiger charge is -2.05. The predicted octanol–water partition coefficient (Wildman–Crippen LogP) is 0.208. The fraction of sp³-hybridized carbons (Fsp3) is 0.100. The van der Waals surface area contributed by atoms with Gasteiger partial charge in [-0.15, -0.1) is 4.98 Å². The number of hydrogen-bond donors (Lipinski definition) is 1. The Morgan fingerprint density at radius 1 is 1.28 bits per heavy atom. The third-order valence-electron chi connectivity index (χ3n) is 2.16. The zero-order chi connectivity index (χ0) is 13.3. The largest absolute Gasteiger partial charge is 0.468 e.